The van der Waals surface area contributed by atoms with Gasteiger partial charge in [0.15, 0.2) is 11.7 Å². The molecular weight excluding hydrogens is 474 g/mol. The summed E-state index contributed by atoms with van der Waals surface area (Å²) in [6.07, 6.45) is 0.837. The van der Waals surface area contributed by atoms with Crippen LogP contribution in [0.25, 0.3) is 11.3 Å². The number of ether oxygens (including phenoxy) is 3. The third-order valence-corrected chi connectivity index (χ3v) is 6.66. The lowest BCUT2D eigenvalue weighted by molar-refractivity contribution is -0.120. The Morgan fingerprint density at radius 2 is 1.82 bits per heavy atom. The summed E-state index contributed by atoms with van der Waals surface area (Å²) in [4.78, 5) is 22.0. The van der Waals surface area contributed by atoms with E-state index in [4.69, 9.17) is 30.8 Å². The maximum Gasteiger partial charge on any atom is 0.266 e. The highest BCUT2D eigenvalue weighted by molar-refractivity contribution is 7.14. The zero-order chi connectivity index (χ0) is 23.8. The molecule has 9 heteroatoms. The van der Waals surface area contributed by atoms with Gasteiger partial charge in [-0.3, -0.25) is 14.6 Å². The number of hydrogen-bond acceptors (Lipinski definition) is 7. The molecule has 1 aromatic heterocycles. The largest absolute Gasteiger partial charge is 0.497 e. The molecule has 7 nitrogen and oxygen atoms in total. The molecule has 2 aromatic carbocycles. The first-order chi connectivity index (χ1) is 16.6. The van der Waals surface area contributed by atoms with Crippen LogP contribution in [0, 0.1) is 0 Å². The van der Waals surface area contributed by atoms with Gasteiger partial charge in [-0.1, -0.05) is 11.6 Å². The molecule has 0 saturated carbocycles. The van der Waals surface area contributed by atoms with Crippen molar-refractivity contribution in [2.75, 3.05) is 58.0 Å². The van der Waals surface area contributed by atoms with Crippen molar-refractivity contribution in [1.29, 1.82) is 0 Å². The Balaban J connectivity index is 1.44. The summed E-state index contributed by atoms with van der Waals surface area (Å²) < 4.78 is 16.4. The molecule has 2 heterocycles. The maximum absolute atomic E-state index is 13.2. The number of hydrogen-bond donors (Lipinski definition) is 0. The SMILES string of the molecule is COc1ccc(-c2csc(N(CCCN3CCOCC3)C(=O)COc3ccc(Cl)cc3)n2)cc1. The third-order valence-electron chi connectivity index (χ3n) is 5.55. The molecule has 1 aliphatic heterocycles. The van der Waals surface area contributed by atoms with Crippen molar-refractivity contribution in [2.24, 2.45) is 0 Å². The van der Waals surface area contributed by atoms with E-state index in [0.29, 0.717) is 22.4 Å². The van der Waals surface area contributed by atoms with Crippen molar-refractivity contribution < 1.29 is 19.0 Å². The second-order valence-corrected chi connectivity index (χ2v) is 9.11. The molecule has 4 rings (SSSR count). The smallest absolute Gasteiger partial charge is 0.266 e. The summed E-state index contributed by atoms with van der Waals surface area (Å²) in [5.74, 6) is 1.26. The zero-order valence-electron chi connectivity index (χ0n) is 19.1. The minimum Gasteiger partial charge on any atom is -0.497 e. The van der Waals surface area contributed by atoms with Gasteiger partial charge < -0.3 is 14.2 Å². The number of aromatic nitrogens is 1. The van der Waals surface area contributed by atoms with E-state index in [1.807, 2.05) is 29.6 Å². The zero-order valence-corrected chi connectivity index (χ0v) is 20.7. The second-order valence-electron chi connectivity index (χ2n) is 7.84. The summed E-state index contributed by atoms with van der Waals surface area (Å²) in [6.45, 7) is 4.76. The van der Waals surface area contributed by atoms with E-state index in [-0.39, 0.29) is 12.5 Å². The van der Waals surface area contributed by atoms with Crippen molar-refractivity contribution in [3.63, 3.8) is 0 Å². The first-order valence-electron chi connectivity index (χ1n) is 11.2. The monoisotopic (exact) mass is 501 g/mol. The number of amides is 1. The Morgan fingerprint density at radius 3 is 2.53 bits per heavy atom. The van der Waals surface area contributed by atoms with Gasteiger partial charge in [0.25, 0.3) is 5.91 Å². The van der Waals surface area contributed by atoms with Crippen LogP contribution in [-0.2, 0) is 9.53 Å². The molecule has 34 heavy (non-hydrogen) atoms. The molecule has 0 atom stereocenters. The third kappa shape index (κ3) is 6.70. The molecule has 0 aliphatic carbocycles. The quantitative estimate of drug-likeness (QED) is 0.404. The Morgan fingerprint density at radius 1 is 1.12 bits per heavy atom. The predicted octanol–water partition coefficient (Wildman–Crippen LogP) is 4.61. The van der Waals surface area contributed by atoms with E-state index >= 15 is 0 Å². The van der Waals surface area contributed by atoms with Crippen molar-refractivity contribution in [3.8, 4) is 22.8 Å². The average molecular weight is 502 g/mol. The van der Waals surface area contributed by atoms with E-state index in [1.54, 1.807) is 36.3 Å². The molecule has 180 valence electrons. The van der Waals surface area contributed by atoms with Gasteiger partial charge in [0.2, 0.25) is 0 Å². The number of benzene rings is 2. The molecule has 1 fully saturated rings. The molecule has 0 unspecified atom stereocenters. The topological polar surface area (TPSA) is 64.1 Å². The summed E-state index contributed by atoms with van der Waals surface area (Å²) in [7, 11) is 1.64. The number of methoxy groups -OCH3 is 1. The number of rotatable bonds is 10. The number of morpholine rings is 1. The Labute approximate surface area is 208 Å². The lowest BCUT2D eigenvalue weighted by Gasteiger charge is -2.27. The molecule has 0 radical (unpaired) electrons. The lowest BCUT2D eigenvalue weighted by Crippen LogP contribution is -2.40. The van der Waals surface area contributed by atoms with E-state index in [0.717, 1.165) is 56.3 Å². The summed E-state index contributed by atoms with van der Waals surface area (Å²) in [6, 6.07) is 14.7. The van der Waals surface area contributed by atoms with E-state index < -0.39 is 0 Å². The molecule has 0 spiro atoms. The van der Waals surface area contributed by atoms with Crippen molar-refractivity contribution in [2.45, 2.75) is 6.42 Å². The van der Waals surface area contributed by atoms with Crippen molar-refractivity contribution in [1.82, 2.24) is 9.88 Å². The molecule has 0 bridgehead atoms. The van der Waals surface area contributed by atoms with Gasteiger partial charge in [-0.05, 0) is 55.0 Å². The Kier molecular flexibility index (Phi) is 8.76. The van der Waals surface area contributed by atoms with Crippen LogP contribution < -0.4 is 14.4 Å². The van der Waals surface area contributed by atoms with Gasteiger partial charge in [-0.15, -0.1) is 11.3 Å². The fourth-order valence-electron chi connectivity index (χ4n) is 3.64. The molecule has 0 N–H and O–H groups in total. The van der Waals surface area contributed by atoms with E-state index in [9.17, 15) is 4.79 Å². The first kappa shape index (κ1) is 24.5. The van der Waals surface area contributed by atoms with Crippen LogP contribution in [0.2, 0.25) is 5.02 Å². The van der Waals surface area contributed by atoms with Crippen LogP contribution in [0.15, 0.2) is 53.9 Å². The summed E-state index contributed by atoms with van der Waals surface area (Å²) in [5.41, 5.74) is 1.80. The van der Waals surface area contributed by atoms with Crippen LogP contribution in [0.4, 0.5) is 5.13 Å². The van der Waals surface area contributed by atoms with Crippen molar-refractivity contribution in [3.05, 3.63) is 58.9 Å². The second kappa shape index (κ2) is 12.2. The number of carbonyl (C=O) groups excluding carboxylic acids is 1. The van der Waals surface area contributed by atoms with E-state index in [1.165, 1.54) is 11.3 Å². The van der Waals surface area contributed by atoms with Crippen LogP contribution in [0.5, 0.6) is 11.5 Å². The highest BCUT2D eigenvalue weighted by Crippen LogP contribution is 2.29. The molecule has 3 aromatic rings. The van der Waals surface area contributed by atoms with Crippen LogP contribution in [0.3, 0.4) is 0 Å². The predicted molar refractivity (Wildman–Crippen MR) is 135 cm³/mol. The number of halogens is 1. The fourth-order valence-corrected chi connectivity index (χ4v) is 4.64. The summed E-state index contributed by atoms with van der Waals surface area (Å²) in [5, 5.41) is 3.26. The Bertz CT molecular complexity index is 1050. The number of thiazole rings is 1. The van der Waals surface area contributed by atoms with Crippen LogP contribution >= 0.6 is 22.9 Å². The van der Waals surface area contributed by atoms with Gasteiger partial charge in [-0.25, -0.2) is 4.98 Å². The molecule has 1 saturated heterocycles. The van der Waals surface area contributed by atoms with Gasteiger partial charge in [0.1, 0.15) is 11.5 Å². The van der Waals surface area contributed by atoms with Crippen LogP contribution in [-0.4, -0.2) is 68.9 Å². The molecular formula is C25H28ClN3O4S. The Hall–Kier alpha value is -2.65. The molecule has 1 amide bonds. The maximum atomic E-state index is 13.2. The number of carbonyl (C=O) groups is 1. The highest BCUT2D eigenvalue weighted by atomic mass is 35.5. The van der Waals surface area contributed by atoms with Gasteiger partial charge in [0, 0.05) is 42.1 Å². The van der Waals surface area contributed by atoms with Gasteiger partial charge in [0.05, 0.1) is 26.0 Å². The van der Waals surface area contributed by atoms with Crippen molar-refractivity contribution >= 4 is 34.0 Å². The van der Waals surface area contributed by atoms with Crippen LogP contribution in [0.1, 0.15) is 6.42 Å². The fraction of sp³-hybridized carbons (Fsp3) is 0.360. The van der Waals surface area contributed by atoms with Gasteiger partial charge in [-0.2, -0.15) is 0 Å². The lowest BCUT2D eigenvalue weighted by atomic mass is 10.2. The minimum absolute atomic E-state index is 0.0728. The average Bonchev–Trinajstić information content (AvgIpc) is 3.37. The van der Waals surface area contributed by atoms with Gasteiger partial charge >= 0.3 is 0 Å². The summed E-state index contributed by atoms with van der Waals surface area (Å²) >= 11 is 7.40. The number of anilines is 1. The first-order valence-corrected chi connectivity index (χ1v) is 12.5. The highest BCUT2D eigenvalue weighted by Gasteiger charge is 2.21. The minimum atomic E-state index is -0.132. The molecule has 1 aliphatic rings. The van der Waals surface area contributed by atoms with E-state index in [2.05, 4.69) is 4.90 Å². The standard InChI is InChI=1S/C25H28ClN3O4S/c1-31-21-7-3-19(4-8-21)23-18-34-25(27-23)29(12-2-11-28-13-15-32-16-14-28)24(30)17-33-22-9-5-20(26)6-10-22/h3-10,18H,2,11-17H2,1H3. The normalized spacial score (nSPS) is 14.1. The number of nitrogens with zero attached hydrogens (tertiary/aromatic N) is 3.